The van der Waals surface area contributed by atoms with Crippen LogP contribution in [0.3, 0.4) is 0 Å². The van der Waals surface area contributed by atoms with Gasteiger partial charge in [0.25, 0.3) is 11.8 Å². The molecule has 3 amide bonds. The number of anilines is 2. The van der Waals surface area contributed by atoms with E-state index in [-0.39, 0.29) is 16.5 Å². The van der Waals surface area contributed by atoms with Crippen LogP contribution >= 0.6 is 11.8 Å². The van der Waals surface area contributed by atoms with Gasteiger partial charge in [0, 0.05) is 21.8 Å². The first-order valence-electron chi connectivity index (χ1n) is 13.1. The number of nitrogens with one attached hydrogen (secondary N) is 3. The largest absolute Gasteiger partial charge is 0.325 e. The Kier molecular flexibility index (Phi) is 10.1. The number of benzene rings is 4. The monoisotopic (exact) mass is 614 g/mol. The molecule has 0 radical (unpaired) electrons. The molecule has 4 rings (SSSR count). The number of hydrogen-bond acceptors (Lipinski definition) is 6. The van der Waals surface area contributed by atoms with Crippen molar-refractivity contribution in [2.24, 2.45) is 5.14 Å². The lowest BCUT2D eigenvalue weighted by molar-refractivity contribution is -0.115. The first-order chi connectivity index (χ1) is 20.5. The summed E-state index contributed by atoms with van der Waals surface area (Å²) >= 11 is 1.28. The fraction of sp³-hybridized carbons (Fsp3) is 0.0938. The van der Waals surface area contributed by atoms with E-state index in [4.69, 9.17) is 5.14 Å². The summed E-state index contributed by atoms with van der Waals surface area (Å²) in [5.41, 5.74) is 3.19. The summed E-state index contributed by atoms with van der Waals surface area (Å²) in [6.45, 7) is 3.69. The first-order valence-corrected chi connectivity index (χ1v) is 15.6. The standard InChI is InChI=1S/C32H30N4O5S2/c1-21-11-13-23(14-12-21)19-29(36-31(38)24-7-4-3-5-8-24)32(39)35-26-9-6-10-27(20-26)42-22(2)30(37)34-25-15-17-28(18-16-25)43(33,40)41/h3-20,22H,1-2H3,(H,34,37)(H,35,39)(H,36,38)(H2,33,40,41)/b29-19-. The van der Waals surface area contributed by atoms with Gasteiger partial charge in [0.05, 0.1) is 10.1 Å². The molecule has 1 unspecified atom stereocenters. The van der Waals surface area contributed by atoms with Gasteiger partial charge >= 0.3 is 0 Å². The first kappa shape index (κ1) is 31.2. The Morgan fingerprint density at radius 1 is 0.814 bits per heavy atom. The second-order valence-corrected chi connectivity index (χ2v) is 12.6. The average molecular weight is 615 g/mol. The van der Waals surface area contributed by atoms with Gasteiger partial charge in [-0.1, -0.05) is 54.1 Å². The molecule has 9 nitrogen and oxygen atoms in total. The summed E-state index contributed by atoms with van der Waals surface area (Å²) in [4.78, 5) is 39.7. The Labute approximate surface area is 254 Å². The van der Waals surface area contributed by atoms with Gasteiger partial charge in [-0.2, -0.15) is 0 Å². The zero-order valence-electron chi connectivity index (χ0n) is 23.4. The van der Waals surface area contributed by atoms with Crippen molar-refractivity contribution in [3.63, 3.8) is 0 Å². The Balaban J connectivity index is 1.45. The molecule has 0 saturated heterocycles. The molecule has 0 saturated carbocycles. The van der Waals surface area contributed by atoms with Crippen molar-refractivity contribution in [2.45, 2.75) is 28.9 Å². The molecule has 0 aromatic heterocycles. The SMILES string of the molecule is Cc1ccc(/C=C(\NC(=O)c2ccccc2)C(=O)Nc2cccc(SC(C)C(=O)Nc3ccc(S(N)(=O)=O)cc3)c2)cc1. The van der Waals surface area contributed by atoms with Gasteiger partial charge in [-0.25, -0.2) is 13.6 Å². The minimum absolute atomic E-state index is 0.0525. The maximum absolute atomic E-state index is 13.4. The molecule has 5 N–H and O–H groups in total. The lowest BCUT2D eigenvalue weighted by atomic mass is 10.1. The highest BCUT2D eigenvalue weighted by Crippen LogP contribution is 2.27. The molecule has 4 aromatic carbocycles. The van der Waals surface area contributed by atoms with Crippen molar-refractivity contribution in [1.82, 2.24) is 5.32 Å². The number of carbonyl (C=O) groups is 3. The van der Waals surface area contributed by atoms with Crippen molar-refractivity contribution < 1.29 is 22.8 Å². The maximum atomic E-state index is 13.4. The molecule has 0 bridgehead atoms. The van der Waals surface area contributed by atoms with Crippen molar-refractivity contribution >= 4 is 57.0 Å². The zero-order valence-corrected chi connectivity index (χ0v) is 25.0. The fourth-order valence-electron chi connectivity index (χ4n) is 3.85. The van der Waals surface area contributed by atoms with E-state index in [0.717, 1.165) is 16.0 Å². The van der Waals surface area contributed by atoms with Gasteiger partial charge in [0.15, 0.2) is 0 Å². The van der Waals surface area contributed by atoms with E-state index in [2.05, 4.69) is 16.0 Å². The van der Waals surface area contributed by atoms with Crippen LogP contribution in [0.5, 0.6) is 0 Å². The number of sulfonamides is 1. The molecule has 0 fully saturated rings. The van der Waals surface area contributed by atoms with Gasteiger partial charge in [0.2, 0.25) is 15.9 Å². The number of primary sulfonamides is 1. The third kappa shape index (κ3) is 9.14. The van der Waals surface area contributed by atoms with Crippen LogP contribution in [0, 0.1) is 6.92 Å². The predicted octanol–water partition coefficient (Wildman–Crippen LogP) is 5.17. The van der Waals surface area contributed by atoms with E-state index in [1.165, 1.54) is 36.0 Å². The van der Waals surface area contributed by atoms with E-state index < -0.39 is 27.1 Å². The maximum Gasteiger partial charge on any atom is 0.272 e. The Bertz CT molecular complexity index is 1760. The molecular weight excluding hydrogens is 585 g/mol. The van der Waals surface area contributed by atoms with Crippen molar-refractivity contribution in [2.75, 3.05) is 10.6 Å². The zero-order chi connectivity index (χ0) is 31.0. The average Bonchev–Trinajstić information content (AvgIpc) is 2.98. The Hall–Kier alpha value is -4.71. The van der Waals surface area contributed by atoms with Crippen LogP contribution in [0.15, 0.2) is 119 Å². The van der Waals surface area contributed by atoms with Crippen LogP contribution in [0.2, 0.25) is 0 Å². The second-order valence-electron chi connectivity index (χ2n) is 9.59. The van der Waals surface area contributed by atoms with Gasteiger partial charge in [0.1, 0.15) is 5.70 Å². The molecule has 0 heterocycles. The Morgan fingerprint density at radius 3 is 2.14 bits per heavy atom. The molecular formula is C32H30N4O5S2. The second kappa shape index (κ2) is 14.0. The number of rotatable bonds is 10. The molecule has 4 aromatic rings. The quantitative estimate of drug-likeness (QED) is 0.143. The molecule has 0 spiro atoms. The van der Waals surface area contributed by atoms with Crippen molar-refractivity contribution in [3.05, 3.63) is 126 Å². The summed E-state index contributed by atoms with van der Waals surface area (Å²) in [5, 5.41) is 12.9. The lowest BCUT2D eigenvalue weighted by Gasteiger charge is -2.14. The fourth-order valence-corrected chi connectivity index (χ4v) is 5.29. The number of nitrogens with two attached hydrogens (primary N) is 1. The van der Waals surface area contributed by atoms with Crippen LogP contribution in [0.25, 0.3) is 6.08 Å². The highest BCUT2D eigenvalue weighted by molar-refractivity contribution is 8.00. The molecule has 1 atom stereocenters. The summed E-state index contributed by atoms with van der Waals surface area (Å²) in [5.74, 6) is -1.23. The lowest BCUT2D eigenvalue weighted by Crippen LogP contribution is -2.30. The van der Waals surface area contributed by atoms with E-state index in [1.807, 2.05) is 37.3 Å². The number of amides is 3. The van der Waals surface area contributed by atoms with Crippen LogP contribution in [-0.4, -0.2) is 31.4 Å². The summed E-state index contributed by atoms with van der Waals surface area (Å²) < 4.78 is 22.9. The van der Waals surface area contributed by atoms with Gasteiger partial charge in [-0.05, 0) is 80.1 Å². The number of aryl methyl sites for hydroxylation is 1. The highest BCUT2D eigenvalue weighted by Gasteiger charge is 2.18. The summed E-state index contributed by atoms with van der Waals surface area (Å²) in [6, 6.07) is 28.7. The smallest absolute Gasteiger partial charge is 0.272 e. The van der Waals surface area contributed by atoms with E-state index >= 15 is 0 Å². The number of carbonyl (C=O) groups excluding carboxylic acids is 3. The van der Waals surface area contributed by atoms with Crippen molar-refractivity contribution in [3.8, 4) is 0 Å². The third-order valence-electron chi connectivity index (χ3n) is 6.14. The van der Waals surface area contributed by atoms with Crippen LogP contribution in [-0.2, 0) is 19.6 Å². The van der Waals surface area contributed by atoms with Crippen LogP contribution in [0.1, 0.15) is 28.4 Å². The molecule has 43 heavy (non-hydrogen) atoms. The van der Waals surface area contributed by atoms with E-state index in [0.29, 0.717) is 16.9 Å². The molecule has 0 aliphatic carbocycles. The van der Waals surface area contributed by atoms with Gasteiger partial charge in [-0.3, -0.25) is 14.4 Å². The Morgan fingerprint density at radius 2 is 1.49 bits per heavy atom. The predicted molar refractivity (Wildman–Crippen MR) is 170 cm³/mol. The van der Waals surface area contributed by atoms with Gasteiger partial charge in [-0.15, -0.1) is 11.8 Å². The van der Waals surface area contributed by atoms with Crippen molar-refractivity contribution in [1.29, 1.82) is 0 Å². The number of thioether (sulfide) groups is 1. The van der Waals surface area contributed by atoms with Crippen LogP contribution < -0.4 is 21.1 Å². The van der Waals surface area contributed by atoms with E-state index in [9.17, 15) is 22.8 Å². The molecule has 0 aliphatic heterocycles. The van der Waals surface area contributed by atoms with Gasteiger partial charge < -0.3 is 16.0 Å². The minimum atomic E-state index is -3.83. The highest BCUT2D eigenvalue weighted by atomic mass is 32.2. The summed E-state index contributed by atoms with van der Waals surface area (Å²) in [7, 11) is -3.83. The number of hydrogen-bond donors (Lipinski definition) is 4. The minimum Gasteiger partial charge on any atom is -0.325 e. The van der Waals surface area contributed by atoms with Crippen LogP contribution in [0.4, 0.5) is 11.4 Å². The van der Waals surface area contributed by atoms with E-state index in [1.54, 1.807) is 61.5 Å². The third-order valence-corrected chi connectivity index (χ3v) is 8.16. The molecule has 220 valence electrons. The topological polar surface area (TPSA) is 147 Å². The normalized spacial score (nSPS) is 12.2. The summed E-state index contributed by atoms with van der Waals surface area (Å²) in [6.07, 6.45) is 1.61. The molecule has 0 aliphatic rings. The molecule has 11 heteroatoms.